The van der Waals surface area contributed by atoms with E-state index in [0.717, 1.165) is 6.42 Å². The summed E-state index contributed by atoms with van der Waals surface area (Å²) in [6, 6.07) is 0. The lowest BCUT2D eigenvalue weighted by molar-refractivity contribution is -0.723. The minimum absolute atomic E-state index is 0.262. The summed E-state index contributed by atoms with van der Waals surface area (Å²) in [5, 5.41) is 15.6. The first-order valence-electron chi connectivity index (χ1n) is 4.98. The van der Waals surface area contributed by atoms with E-state index in [2.05, 4.69) is 19.6 Å². The quantitative estimate of drug-likeness (QED) is 0.176. The molecule has 1 aliphatic heterocycles. The molecular weight excluding hydrogens is 218 g/mol. The molecule has 0 N–H and O–H groups in total. The number of hydrogen-bond acceptors (Lipinski definition) is 6. The van der Waals surface area contributed by atoms with Crippen molar-refractivity contribution in [2.75, 3.05) is 19.9 Å². The molecule has 16 heavy (non-hydrogen) atoms. The topological polar surface area (TPSA) is 86.4 Å². The van der Waals surface area contributed by atoms with Gasteiger partial charge in [-0.1, -0.05) is 0 Å². The first-order chi connectivity index (χ1) is 7.59. The highest BCUT2D eigenvalue weighted by atomic mass is 16.8. The van der Waals surface area contributed by atoms with Gasteiger partial charge >= 0.3 is 6.16 Å². The second-order valence-electron chi connectivity index (χ2n) is 3.45. The molecule has 0 spiro atoms. The lowest BCUT2D eigenvalue weighted by atomic mass is 10.3. The highest BCUT2D eigenvalue weighted by Gasteiger charge is 2.21. The predicted octanol–water partition coefficient (Wildman–Crippen LogP) is 1.02. The Hall–Kier alpha value is -1.73. The molecule has 0 bridgehead atoms. The molecular formula is C8H15N3O5. The molecule has 0 aliphatic carbocycles. The maximum absolute atomic E-state index is 11.0. The van der Waals surface area contributed by atoms with Gasteiger partial charge in [0.25, 0.3) is 6.79 Å². The molecule has 92 valence electrons. The smallest absolute Gasteiger partial charge is 0.511 e. The maximum atomic E-state index is 11.0. The molecule has 8 nitrogen and oxygen atoms in total. The van der Waals surface area contributed by atoms with Crippen molar-refractivity contribution in [1.82, 2.24) is 5.01 Å². The predicted molar refractivity (Wildman–Crippen MR) is 50.9 cm³/mol. The van der Waals surface area contributed by atoms with Gasteiger partial charge in [0.05, 0.1) is 24.2 Å². The third-order valence-electron chi connectivity index (χ3n) is 1.76. The van der Waals surface area contributed by atoms with Crippen LogP contribution in [0.15, 0.2) is 5.28 Å². The van der Waals surface area contributed by atoms with Crippen LogP contribution in [0.4, 0.5) is 4.79 Å². The van der Waals surface area contributed by atoms with Gasteiger partial charge in [-0.15, -0.1) is 5.01 Å². The van der Waals surface area contributed by atoms with Crippen LogP contribution in [-0.2, 0) is 14.3 Å². The van der Waals surface area contributed by atoms with Crippen molar-refractivity contribution in [1.29, 1.82) is 0 Å². The molecule has 0 amide bonds. The van der Waals surface area contributed by atoms with Crippen LogP contribution in [0.5, 0.6) is 0 Å². The molecule has 0 unspecified atom stereocenters. The fraction of sp³-hybridized carbons (Fsp3) is 0.875. The second-order valence-corrected chi connectivity index (χ2v) is 3.45. The van der Waals surface area contributed by atoms with Crippen molar-refractivity contribution < 1.29 is 24.1 Å². The normalized spacial score (nSPS) is 15.7. The van der Waals surface area contributed by atoms with Gasteiger partial charge in [-0.25, -0.2) is 4.79 Å². The Labute approximate surface area is 92.9 Å². The number of nitrogens with zero attached hydrogens (tertiary/aromatic N) is 3. The van der Waals surface area contributed by atoms with Crippen LogP contribution < -0.4 is 0 Å². The van der Waals surface area contributed by atoms with E-state index in [1.54, 1.807) is 13.8 Å². The van der Waals surface area contributed by atoms with Gasteiger partial charge in [0.2, 0.25) is 5.28 Å². The number of carbonyl (C=O) groups excluding carboxylic acids is 1. The standard InChI is InChI=1S/C8H15N3O5/c1-7(2)16-8(12)14-6-15-9-11(13)10-4-3-5-10/h7H,3-6H2,1-2H3/b11-9-. The zero-order valence-corrected chi connectivity index (χ0v) is 9.29. The highest BCUT2D eigenvalue weighted by molar-refractivity contribution is 5.59. The lowest BCUT2D eigenvalue weighted by Gasteiger charge is -2.24. The molecule has 8 heteroatoms. The van der Waals surface area contributed by atoms with Gasteiger partial charge in [0.1, 0.15) is 0 Å². The van der Waals surface area contributed by atoms with Crippen molar-refractivity contribution in [2.24, 2.45) is 5.28 Å². The van der Waals surface area contributed by atoms with Crippen LogP contribution in [0.1, 0.15) is 20.3 Å². The Morgan fingerprint density at radius 1 is 1.56 bits per heavy atom. The average molecular weight is 233 g/mol. The number of hydrazine groups is 1. The van der Waals surface area contributed by atoms with Crippen molar-refractivity contribution in [3.8, 4) is 0 Å². The molecule has 1 saturated heterocycles. The zero-order valence-electron chi connectivity index (χ0n) is 9.29. The molecule has 0 aromatic rings. The molecule has 0 radical (unpaired) electrons. The van der Waals surface area contributed by atoms with Crippen molar-refractivity contribution in [3.05, 3.63) is 5.21 Å². The second kappa shape index (κ2) is 5.99. The summed E-state index contributed by atoms with van der Waals surface area (Å²) >= 11 is 0. The van der Waals surface area contributed by atoms with Crippen LogP contribution in [0.25, 0.3) is 0 Å². The van der Waals surface area contributed by atoms with E-state index in [4.69, 9.17) is 0 Å². The van der Waals surface area contributed by atoms with Gasteiger partial charge in [-0.05, 0) is 20.3 Å². The molecule has 1 heterocycles. The average Bonchev–Trinajstić information content (AvgIpc) is 2.08. The summed E-state index contributed by atoms with van der Waals surface area (Å²) in [5.74, 6) is 0. The van der Waals surface area contributed by atoms with E-state index in [9.17, 15) is 10.0 Å². The third kappa shape index (κ3) is 4.20. The summed E-state index contributed by atoms with van der Waals surface area (Å²) in [5.41, 5.74) is 0. The van der Waals surface area contributed by atoms with Gasteiger partial charge in [-0.2, -0.15) is 0 Å². The highest BCUT2D eigenvalue weighted by Crippen LogP contribution is 2.05. The number of rotatable bonds is 5. The van der Waals surface area contributed by atoms with Crippen molar-refractivity contribution in [2.45, 2.75) is 26.4 Å². The maximum Gasteiger partial charge on any atom is 0.511 e. The number of ether oxygens (including phenoxy) is 2. The number of carbonyl (C=O) groups is 1. The fourth-order valence-electron chi connectivity index (χ4n) is 0.896. The summed E-state index contributed by atoms with van der Waals surface area (Å²) in [4.78, 5) is 15.6. The van der Waals surface area contributed by atoms with E-state index >= 15 is 0 Å². The minimum Gasteiger partial charge on any atom is -0.569 e. The van der Waals surface area contributed by atoms with Crippen LogP contribution in [0, 0.1) is 5.21 Å². The Morgan fingerprint density at radius 3 is 2.75 bits per heavy atom. The lowest BCUT2D eigenvalue weighted by Crippen LogP contribution is -2.42. The molecule has 0 aromatic heterocycles. The Bertz CT molecular complexity index is 264. The van der Waals surface area contributed by atoms with E-state index in [-0.39, 0.29) is 6.10 Å². The Morgan fingerprint density at radius 2 is 2.25 bits per heavy atom. The summed E-state index contributed by atoms with van der Waals surface area (Å²) in [6.07, 6.45) is -0.154. The Kier molecular flexibility index (Phi) is 4.62. The molecule has 1 aliphatic rings. The fourth-order valence-corrected chi connectivity index (χ4v) is 0.896. The van der Waals surface area contributed by atoms with Crippen LogP contribution in [0.3, 0.4) is 0 Å². The van der Waals surface area contributed by atoms with Gasteiger partial charge < -0.3 is 19.5 Å². The van der Waals surface area contributed by atoms with E-state index < -0.39 is 12.9 Å². The molecule has 1 rings (SSSR count). The van der Waals surface area contributed by atoms with Gasteiger partial charge in [0.15, 0.2) is 0 Å². The summed E-state index contributed by atoms with van der Waals surface area (Å²) in [6.45, 7) is 4.25. The SMILES string of the molecule is CC(C)OC(=O)OCO/N=[N+](\[O-])N1CCC1. The van der Waals surface area contributed by atoms with Crippen LogP contribution in [-0.4, -0.2) is 42.1 Å². The molecule has 0 atom stereocenters. The van der Waals surface area contributed by atoms with Crippen molar-refractivity contribution >= 4 is 6.16 Å². The van der Waals surface area contributed by atoms with E-state index in [0.29, 0.717) is 18.1 Å². The first kappa shape index (κ1) is 12.3. The van der Waals surface area contributed by atoms with Gasteiger partial charge in [0, 0.05) is 0 Å². The van der Waals surface area contributed by atoms with Gasteiger partial charge in [-0.3, -0.25) is 0 Å². The van der Waals surface area contributed by atoms with Crippen LogP contribution >= 0.6 is 0 Å². The third-order valence-corrected chi connectivity index (χ3v) is 1.76. The van der Waals surface area contributed by atoms with Crippen molar-refractivity contribution in [3.63, 3.8) is 0 Å². The Balaban J connectivity index is 2.08. The number of hydrogen-bond donors (Lipinski definition) is 0. The van der Waals surface area contributed by atoms with E-state index in [1.807, 2.05) is 0 Å². The molecule has 0 aromatic carbocycles. The largest absolute Gasteiger partial charge is 0.569 e. The first-order valence-corrected chi connectivity index (χ1v) is 4.98. The van der Waals surface area contributed by atoms with E-state index in [1.165, 1.54) is 5.01 Å². The summed E-state index contributed by atoms with van der Waals surface area (Å²) in [7, 11) is 0. The van der Waals surface area contributed by atoms with Crippen LogP contribution in [0.2, 0.25) is 0 Å². The zero-order chi connectivity index (χ0) is 12.0. The molecule has 0 saturated carbocycles. The minimum atomic E-state index is -0.855. The molecule has 1 fully saturated rings. The summed E-state index contributed by atoms with van der Waals surface area (Å²) < 4.78 is 9.13. The monoisotopic (exact) mass is 233 g/mol.